The van der Waals surface area contributed by atoms with Gasteiger partial charge in [0.05, 0.1) is 18.1 Å². The van der Waals surface area contributed by atoms with Crippen LogP contribution in [-0.4, -0.2) is 43.0 Å². The van der Waals surface area contributed by atoms with Crippen molar-refractivity contribution in [1.29, 1.82) is 0 Å². The summed E-state index contributed by atoms with van der Waals surface area (Å²) in [4.78, 5) is 31.8. The van der Waals surface area contributed by atoms with Gasteiger partial charge in [0.2, 0.25) is 5.82 Å². The molecule has 0 aliphatic carbocycles. The van der Waals surface area contributed by atoms with Crippen LogP contribution in [0.25, 0.3) is 0 Å². The molecule has 0 aliphatic heterocycles. The van der Waals surface area contributed by atoms with E-state index >= 15 is 0 Å². The number of oxime groups is 1. The van der Waals surface area contributed by atoms with Gasteiger partial charge in [-0.2, -0.15) is 0 Å². The molecule has 2 rings (SSSR count). The number of amidine groups is 1. The number of pyridine rings is 1. The van der Waals surface area contributed by atoms with Gasteiger partial charge in [-0.3, -0.25) is 9.78 Å². The molecule has 0 atom stereocenters. The number of amides is 1. The van der Waals surface area contributed by atoms with Gasteiger partial charge in [0.25, 0.3) is 5.91 Å². The Balaban J connectivity index is 2.41. The summed E-state index contributed by atoms with van der Waals surface area (Å²) in [6.45, 7) is 2.17. The monoisotopic (exact) mass is 318 g/mol. The third-order valence-corrected chi connectivity index (χ3v) is 3.19. The van der Waals surface area contributed by atoms with E-state index in [1.165, 1.54) is 28.9 Å². The summed E-state index contributed by atoms with van der Waals surface area (Å²) in [6.07, 6.45) is 4.33. The molecule has 10 nitrogen and oxygen atoms in total. The molecular formula is C13H14N6O4. The molecule has 23 heavy (non-hydrogen) atoms. The first-order valence-corrected chi connectivity index (χ1v) is 6.61. The minimum absolute atomic E-state index is 0.119. The Kier molecular flexibility index (Phi) is 4.64. The molecule has 0 aliphatic rings. The topological polar surface area (TPSA) is 127 Å². The highest BCUT2D eigenvalue weighted by atomic mass is 16.6. The lowest BCUT2D eigenvalue weighted by Gasteiger charge is -2.20. The predicted octanol–water partition coefficient (Wildman–Crippen LogP) is 0.894. The predicted molar refractivity (Wildman–Crippen MR) is 80.1 cm³/mol. The van der Waals surface area contributed by atoms with Crippen molar-refractivity contribution in [1.82, 2.24) is 14.5 Å². The molecule has 0 saturated heterocycles. The second-order valence-corrected chi connectivity index (χ2v) is 4.47. The Morgan fingerprint density at radius 1 is 1.52 bits per heavy atom. The summed E-state index contributed by atoms with van der Waals surface area (Å²) >= 11 is 0. The molecular weight excluding hydrogens is 304 g/mol. The van der Waals surface area contributed by atoms with Crippen LogP contribution in [0.3, 0.4) is 0 Å². The zero-order valence-corrected chi connectivity index (χ0v) is 12.4. The molecule has 0 aromatic carbocycles. The van der Waals surface area contributed by atoms with E-state index in [0.29, 0.717) is 12.2 Å². The van der Waals surface area contributed by atoms with Crippen LogP contribution in [0.4, 0.5) is 5.69 Å². The number of carbonyl (C=O) groups is 1. The van der Waals surface area contributed by atoms with Gasteiger partial charge in [-0.1, -0.05) is 0 Å². The maximum Gasteiger partial charge on any atom is 0.452 e. The van der Waals surface area contributed by atoms with E-state index in [-0.39, 0.29) is 11.5 Å². The third kappa shape index (κ3) is 3.00. The van der Waals surface area contributed by atoms with Crippen LogP contribution in [0.15, 0.2) is 35.9 Å². The lowest BCUT2D eigenvalue weighted by molar-refractivity contribution is -0.351. The van der Waals surface area contributed by atoms with Crippen molar-refractivity contribution in [3.63, 3.8) is 0 Å². The van der Waals surface area contributed by atoms with E-state index in [9.17, 15) is 14.9 Å². The van der Waals surface area contributed by atoms with Gasteiger partial charge >= 0.3 is 5.84 Å². The van der Waals surface area contributed by atoms with E-state index in [0.717, 1.165) is 0 Å². The highest BCUT2D eigenvalue weighted by molar-refractivity contribution is 6.05. The molecule has 0 unspecified atom stereocenters. The van der Waals surface area contributed by atoms with Crippen LogP contribution in [0.2, 0.25) is 0 Å². The van der Waals surface area contributed by atoms with E-state index in [1.807, 2.05) is 0 Å². The van der Waals surface area contributed by atoms with Crippen molar-refractivity contribution in [2.75, 3.05) is 11.4 Å². The first-order valence-electron chi connectivity index (χ1n) is 6.61. The summed E-state index contributed by atoms with van der Waals surface area (Å²) in [5, 5.41) is 22.2. The second-order valence-electron chi connectivity index (χ2n) is 4.47. The fourth-order valence-corrected chi connectivity index (χ4v) is 2.07. The Morgan fingerprint density at radius 3 is 2.78 bits per heavy atom. The number of nitro groups is 1. The first-order chi connectivity index (χ1) is 11.0. The van der Waals surface area contributed by atoms with Crippen LogP contribution in [0.1, 0.15) is 23.2 Å². The van der Waals surface area contributed by atoms with Crippen LogP contribution < -0.4 is 4.90 Å². The van der Waals surface area contributed by atoms with Crippen molar-refractivity contribution in [3.05, 3.63) is 52.4 Å². The normalized spacial score (nSPS) is 11.3. The number of carbonyl (C=O) groups excluding carboxylic acids is 1. The van der Waals surface area contributed by atoms with Crippen molar-refractivity contribution in [2.45, 2.75) is 6.92 Å². The third-order valence-electron chi connectivity index (χ3n) is 3.19. The molecule has 0 spiro atoms. The van der Waals surface area contributed by atoms with Crippen LogP contribution in [0, 0.1) is 10.1 Å². The molecule has 2 aromatic heterocycles. The lowest BCUT2D eigenvalue weighted by Crippen LogP contribution is -2.32. The van der Waals surface area contributed by atoms with E-state index in [4.69, 9.17) is 5.21 Å². The average molecular weight is 318 g/mol. The molecule has 10 heteroatoms. The number of aromatic nitrogens is 3. The maximum absolute atomic E-state index is 12.7. The van der Waals surface area contributed by atoms with Crippen LogP contribution >= 0.6 is 0 Å². The fourth-order valence-electron chi connectivity index (χ4n) is 2.07. The minimum atomic E-state index is -0.880. The zero-order chi connectivity index (χ0) is 17.0. The Hall–Kier alpha value is -3.30. The molecule has 0 radical (unpaired) electrons. The van der Waals surface area contributed by atoms with E-state index < -0.39 is 16.7 Å². The molecule has 0 saturated carbocycles. The Bertz CT molecular complexity index is 755. The fraction of sp³-hybridized carbons (Fsp3) is 0.231. The van der Waals surface area contributed by atoms with Gasteiger partial charge in [-0.05, 0) is 24.0 Å². The zero-order valence-electron chi connectivity index (χ0n) is 12.4. The number of nitrogens with zero attached hydrogens (tertiary/aromatic N) is 6. The number of hydrogen-bond donors (Lipinski definition) is 1. The quantitative estimate of drug-likeness (QED) is 0.293. The number of hydrogen-bond acceptors (Lipinski definition) is 7. The molecule has 2 aromatic rings. The van der Waals surface area contributed by atoms with Gasteiger partial charge in [-0.25, -0.2) is 4.98 Å². The summed E-state index contributed by atoms with van der Waals surface area (Å²) in [5.41, 5.74) is 0.710. The standard InChI is InChI=1S/C13H14N6O4/c1-3-18(9-5-4-6-14-7-9)13(20)10-8-15-11(17(10)2)12(16-21)19(22)23/h4-8,21H,3H2,1-2H3/b16-12-. The highest BCUT2D eigenvalue weighted by Crippen LogP contribution is 2.16. The molecule has 120 valence electrons. The highest BCUT2D eigenvalue weighted by Gasteiger charge is 2.28. The number of anilines is 1. The molecule has 1 amide bonds. The SMILES string of the molecule is CCN(C(=O)c1cnc(/C(=N/O)[N+](=O)[O-])n1C)c1cccnc1. The van der Waals surface area contributed by atoms with Gasteiger partial charge in [-0.15, -0.1) is 0 Å². The van der Waals surface area contributed by atoms with E-state index in [2.05, 4.69) is 15.1 Å². The summed E-state index contributed by atoms with van der Waals surface area (Å²) in [7, 11) is 1.43. The smallest absolute Gasteiger partial charge is 0.358 e. The minimum Gasteiger partial charge on any atom is -0.358 e. The maximum atomic E-state index is 12.7. The van der Waals surface area contributed by atoms with Crippen molar-refractivity contribution >= 4 is 17.4 Å². The van der Waals surface area contributed by atoms with Crippen molar-refractivity contribution in [3.8, 4) is 0 Å². The van der Waals surface area contributed by atoms with Gasteiger partial charge in [0, 0.05) is 19.8 Å². The summed E-state index contributed by atoms with van der Waals surface area (Å²) < 4.78 is 1.21. The molecule has 0 bridgehead atoms. The van der Waals surface area contributed by atoms with Crippen LogP contribution in [-0.2, 0) is 7.05 Å². The molecule has 2 heterocycles. The number of rotatable bonds is 4. The lowest BCUT2D eigenvalue weighted by atomic mass is 10.3. The second kappa shape index (κ2) is 6.64. The van der Waals surface area contributed by atoms with Gasteiger partial charge < -0.3 is 24.8 Å². The van der Waals surface area contributed by atoms with E-state index in [1.54, 1.807) is 25.3 Å². The summed E-state index contributed by atoms with van der Waals surface area (Å²) in [6, 6.07) is 3.42. The van der Waals surface area contributed by atoms with Crippen LogP contribution in [0.5, 0.6) is 0 Å². The van der Waals surface area contributed by atoms with Crippen molar-refractivity contribution < 1.29 is 14.9 Å². The largest absolute Gasteiger partial charge is 0.452 e. The number of imidazole rings is 1. The molecule has 0 fully saturated rings. The van der Waals surface area contributed by atoms with Crippen molar-refractivity contribution in [2.24, 2.45) is 12.2 Å². The Labute approximate surface area is 130 Å². The first kappa shape index (κ1) is 16.1. The average Bonchev–Trinajstić information content (AvgIpc) is 2.91. The summed E-state index contributed by atoms with van der Waals surface area (Å²) in [5.74, 6) is -1.46. The van der Waals surface area contributed by atoms with Gasteiger partial charge in [0.15, 0.2) is 5.16 Å². The van der Waals surface area contributed by atoms with Gasteiger partial charge in [0.1, 0.15) is 5.69 Å². The molecule has 1 N–H and O–H groups in total. The Morgan fingerprint density at radius 2 is 2.26 bits per heavy atom.